The van der Waals surface area contributed by atoms with Gasteiger partial charge in [-0.2, -0.15) is 0 Å². The number of phenols is 2. The maximum atomic E-state index is 13.0. The Kier molecular flexibility index (Phi) is 3.47. The Morgan fingerprint density at radius 1 is 1.40 bits per heavy atom. The molecule has 1 aromatic carbocycles. The molecule has 0 spiro atoms. The Morgan fingerprint density at radius 2 is 1.93 bits per heavy atom. The molecule has 0 aliphatic carbocycles. The summed E-state index contributed by atoms with van der Waals surface area (Å²) in [6, 6.07) is 1.03. The van der Waals surface area contributed by atoms with E-state index < -0.39 is 32.1 Å². The van der Waals surface area contributed by atoms with Crippen LogP contribution in [-0.4, -0.2) is 18.6 Å². The normalized spacial score (nSPS) is 11.7. The highest BCUT2D eigenvalue weighted by Crippen LogP contribution is 2.37. The third-order valence-corrected chi connectivity index (χ3v) is 3.14. The van der Waals surface area contributed by atoms with Gasteiger partial charge in [-0.3, -0.25) is 0 Å². The Balaban J connectivity index is 3.33. The molecule has 2 N–H and O–H groups in total. The second-order valence-corrected chi connectivity index (χ2v) is 6.34. The monoisotopic (exact) mass is 318 g/mol. The van der Waals surface area contributed by atoms with Crippen molar-refractivity contribution in [3.8, 4) is 11.5 Å². The summed E-state index contributed by atoms with van der Waals surface area (Å²) in [4.78, 5) is 0. The molecule has 15 heavy (non-hydrogen) atoms. The molecular formula is C7H5BrClFO4S. The highest BCUT2D eigenvalue weighted by molar-refractivity contribution is 9.10. The van der Waals surface area contributed by atoms with E-state index in [1.165, 1.54) is 0 Å². The van der Waals surface area contributed by atoms with E-state index in [0.29, 0.717) is 0 Å². The number of hydrogen-bond acceptors (Lipinski definition) is 4. The van der Waals surface area contributed by atoms with Gasteiger partial charge in [-0.25, -0.2) is 12.8 Å². The molecule has 0 atom stereocenters. The van der Waals surface area contributed by atoms with Crippen molar-refractivity contribution in [3.63, 3.8) is 0 Å². The van der Waals surface area contributed by atoms with E-state index >= 15 is 0 Å². The van der Waals surface area contributed by atoms with E-state index in [1.54, 1.807) is 0 Å². The Morgan fingerprint density at radius 3 is 2.40 bits per heavy atom. The third kappa shape index (κ3) is 2.96. The topological polar surface area (TPSA) is 74.6 Å². The van der Waals surface area contributed by atoms with Crippen LogP contribution in [0.3, 0.4) is 0 Å². The van der Waals surface area contributed by atoms with Crippen molar-refractivity contribution in [2.45, 2.75) is 5.75 Å². The van der Waals surface area contributed by atoms with Crippen LogP contribution in [0.15, 0.2) is 10.5 Å². The second-order valence-electron chi connectivity index (χ2n) is 2.71. The van der Waals surface area contributed by atoms with E-state index in [0.717, 1.165) is 6.07 Å². The minimum absolute atomic E-state index is 0.159. The van der Waals surface area contributed by atoms with Crippen LogP contribution >= 0.6 is 26.6 Å². The molecule has 1 aromatic rings. The van der Waals surface area contributed by atoms with E-state index in [4.69, 9.17) is 15.8 Å². The molecule has 84 valence electrons. The molecule has 0 saturated heterocycles. The Labute approximate surface area is 97.9 Å². The molecule has 0 saturated carbocycles. The minimum atomic E-state index is -3.89. The fourth-order valence-electron chi connectivity index (χ4n) is 0.950. The lowest BCUT2D eigenvalue weighted by Crippen LogP contribution is -1.97. The van der Waals surface area contributed by atoms with Gasteiger partial charge < -0.3 is 10.2 Å². The quantitative estimate of drug-likeness (QED) is 0.646. The van der Waals surface area contributed by atoms with Crippen LogP contribution in [0, 0.1) is 5.82 Å². The van der Waals surface area contributed by atoms with Crippen molar-refractivity contribution in [2.75, 3.05) is 0 Å². The predicted molar refractivity (Wildman–Crippen MR) is 55.9 cm³/mol. The molecule has 0 heterocycles. The van der Waals surface area contributed by atoms with Crippen LogP contribution in [0.5, 0.6) is 11.5 Å². The molecule has 0 fully saturated rings. The first kappa shape index (κ1) is 12.5. The first-order valence-corrected chi connectivity index (χ1v) is 6.80. The van der Waals surface area contributed by atoms with Crippen LogP contribution in [0.25, 0.3) is 0 Å². The highest BCUT2D eigenvalue weighted by Gasteiger charge is 2.19. The van der Waals surface area contributed by atoms with Gasteiger partial charge >= 0.3 is 0 Å². The van der Waals surface area contributed by atoms with E-state index in [-0.39, 0.29) is 10.0 Å². The average Bonchev–Trinajstić information content (AvgIpc) is 2.08. The lowest BCUT2D eigenvalue weighted by molar-refractivity contribution is 0.375. The molecule has 0 unspecified atom stereocenters. The van der Waals surface area contributed by atoms with Crippen LogP contribution in [0.4, 0.5) is 4.39 Å². The zero-order valence-electron chi connectivity index (χ0n) is 7.04. The van der Waals surface area contributed by atoms with Crippen LogP contribution in [-0.2, 0) is 14.8 Å². The number of rotatable bonds is 2. The van der Waals surface area contributed by atoms with Gasteiger partial charge in [0.1, 0.15) is 0 Å². The Hall–Kier alpha value is -0.530. The lowest BCUT2D eigenvalue weighted by atomic mass is 10.2. The number of aromatic hydroxyl groups is 2. The largest absolute Gasteiger partial charge is 0.504 e. The number of benzene rings is 1. The zero-order chi connectivity index (χ0) is 11.8. The predicted octanol–water partition coefficient (Wildman–Crippen LogP) is 2.07. The second kappa shape index (κ2) is 4.15. The molecule has 0 aromatic heterocycles. The number of phenolic OH excluding ortho intramolecular Hbond substituents is 2. The van der Waals surface area contributed by atoms with Gasteiger partial charge in [0.05, 0.1) is 10.2 Å². The summed E-state index contributed by atoms with van der Waals surface area (Å²) >= 11 is 2.75. The van der Waals surface area contributed by atoms with Crippen LogP contribution < -0.4 is 0 Å². The van der Waals surface area contributed by atoms with Gasteiger partial charge in [0.15, 0.2) is 17.3 Å². The standard InChI is InChI=1S/C7H5BrClFO4S/c8-4-1-3(2-15(9,13)14)6(11)7(12)5(4)10/h1,11-12H,2H2. The van der Waals surface area contributed by atoms with Gasteiger partial charge in [-0.1, -0.05) is 0 Å². The number of halogens is 3. The van der Waals surface area contributed by atoms with Gasteiger partial charge in [0.2, 0.25) is 9.05 Å². The first-order valence-electron chi connectivity index (χ1n) is 3.53. The Bertz CT molecular complexity index is 502. The molecule has 0 aliphatic rings. The molecule has 0 bridgehead atoms. The maximum absolute atomic E-state index is 13.0. The lowest BCUT2D eigenvalue weighted by Gasteiger charge is -2.06. The van der Waals surface area contributed by atoms with Gasteiger partial charge in [-0.05, 0) is 22.0 Å². The van der Waals surface area contributed by atoms with Crippen molar-refractivity contribution in [3.05, 3.63) is 21.9 Å². The van der Waals surface area contributed by atoms with Crippen molar-refractivity contribution >= 4 is 35.7 Å². The SMILES string of the molecule is O=S(=O)(Cl)Cc1cc(Br)c(F)c(O)c1O. The first-order chi connectivity index (χ1) is 6.72. The van der Waals surface area contributed by atoms with E-state index in [9.17, 15) is 17.9 Å². The van der Waals surface area contributed by atoms with Crippen molar-refractivity contribution < 1.29 is 23.0 Å². The summed E-state index contributed by atoms with van der Waals surface area (Å²) < 4.78 is 34.3. The maximum Gasteiger partial charge on any atom is 0.236 e. The highest BCUT2D eigenvalue weighted by atomic mass is 79.9. The summed E-state index contributed by atoms with van der Waals surface area (Å²) in [5, 5.41) is 18.3. The molecule has 0 aliphatic heterocycles. The third-order valence-electron chi connectivity index (χ3n) is 1.57. The molecule has 0 amide bonds. The smallest absolute Gasteiger partial charge is 0.236 e. The zero-order valence-corrected chi connectivity index (χ0v) is 10.2. The van der Waals surface area contributed by atoms with Gasteiger partial charge in [-0.15, -0.1) is 0 Å². The molecular weight excluding hydrogens is 314 g/mol. The summed E-state index contributed by atoms with van der Waals surface area (Å²) in [5.74, 6) is -3.62. The fourth-order valence-corrected chi connectivity index (χ4v) is 2.36. The fraction of sp³-hybridized carbons (Fsp3) is 0.143. The summed E-state index contributed by atoms with van der Waals surface area (Å²) in [6.07, 6.45) is 0. The number of hydrogen-bond donors (Lipinski definition) is 2. The summed E-state index contributed by atoms with van der Waals surface area (Å²) in [5.41, 5.74) is -0.184. The minimum Gasteiger partial charge on any atom is -0.504 e. The molecule has 0 radical (unpaired) electrons. The molecule has 1 rings (SSSR count). The molecule has 4 nitrogen and oxygen atoms in total. The van der Waals surface area contributed by atoms with Crippen molar-refractivity contribution in [1.82, 2.24) is 0 Å². The summed E-state index contributed by atoms with van der Waals surface area (Å²) in [6.45, 7) is 0. The van der Waals surface area contributed by atoms with Gasteiger partial charge in [0, 0.05) is 16.2 Å². The summed E-state index contributed by atoms with van der Waals surface area (Å²) in [7, 11) is 1.07. The van der Waals surface area contributed by atoms with Gasteiger partial charge in [0.25, 0.3) is 0 Å². The van der Waals surface area contributed by atoms with Crippen LogP contribution in [0.1, 0.15) is 5.56 Å². The van der Waals surface area contributed by atoms with Crippen LogP contribution in [0.2, 0.25) is 0 Å². The van der Waals surface area contributed by atoms with Crippen molar-refractivity contribution in [2.24, 2.45) is 0 Å². The molecule has 8 heteroatoms. The van der Waals surface area contributed by atoms with E-state index in [1.807, 2.05) is 0 Å². The van der Waals surface area contributed by atoms with Crippen molar-refractivity contribution in [1.29, 1.82) is 0 Å². The van der Waals surface area contributed by atoms with E-state index in [2.05, 4.69) is 15.9 Å². The average molecular weight is 320 g/mol.